The lowest BCUT2D eigenvalue weighted by molar-refractivity contribution is -0.118. The summed E-state index contributed by atoms with van der Waals surface area (Å²) in [6.07, 6.45) is 3.03. The van der Waals surface area contributed by atoms with Crippen molar-refractivity contribution in [3.63, 3.8) is 0 Å². The molecule has 0 bridgehead atoms. The molecule has 25 heavy (non-hydrogen) atoms. The molecule has 6 nitrogen and oxygen atoms in total. The number of pyridine rings is 1. The molecule has 4 rings (SSSR count). The normalized spacial score (nSPS) is 19.4. The maximum Gasteiger partial charge on any atom is 0.262 e. The molecule has 0 saturated carbocycles. The minimum absolute atomic E-state index is 0.396. The molecular weight excluding hydrogens is 348 g/mol. The first-order valence-electron chi connectivity index (χ1n) is 7.75. The van der Waals surface area contributed by atoms with Crippen LogP contribution in [0, 0.1) is 6.92 Å². The Hall–Kier alpha value is -2.39. The van der Waals surface area contributed by atoms with Crippen LogP contribution in [0.25, 0.3) is 22.3 Å². The Labute approximate surface area is 145 Å². The lowest BCUT2D eigenvalue weighted by Gasteiger charge is -2.09. The van der Waals surface area contributed by atoms with Gasteiger partial charge in [0.2, 0.25) is 5.91 Å². The summed E-state index contributed by atoms with van der Waals surface area (Å²) in [5.74, 6) is -3.33. The van der Waals surface area contributed by atoms with E-state index in [1.54, 1.807) is 6.20 Å². The van der Waals surface area contributed by atoms with Gasteiger partial charge in [0.05, 0.1) is 18.3 Å². The van der Waals surface area contributed by atoms with E-state index < -0.39 is 30.8 Å². The third-order valence-corrected chi connectivity index (χ3v) is 5.05. The molecule has 1 unspecified atom stereocenters. The number of thiazole rings is 1. The molecule has 1 aliphatic rings. The van der Waals surface area contributed by atoms with Crippen molar-refractivity contribution in [3.05, 3.63) is 29.4 Å². The predicted octanol–water partition coefficient (Wildman–Crippen LogP) is 2.93. The van der Waals surface area contributed by atoms with Crippen molar-refractivity contribution in [2.24, 2.45) is 0 Å². The highest BCUT2D eigenvalue weighted by molar-refractivity contribution is 7.16. The Bertz CT molecular complexity index is 951. The molecule has 1 aliphatic heterocycles. The number of hydrogen-bond donors (Lipinski definition) is 3. The zero-order chi connectivity index (χ0) is 17.6. The van der Waals surface area contributed by atoms with Gasteiger partial charge in [-0.3, -0.25) is 10.1 Å². The molecule has 1 saturated heterocycles. The summed E-state index contributed by atoms with van der Waals surface area (Å²) in [6.45, 7) is 1.43. The molecule has 9 heteroatoms. The van der Waals surface area contributed by atoms with E-state index >= 15 is 0 Å². The van der Waals surface area contributed by atoms with Crippen molar-refractivity contribution < 1.29 is 13.6 Å². The number of aromatic amines is 1. The summed E-state index contributed by atoms with van der Waals surface area (Å²) in [5, 5.41) is 6.51. The summed E-state index contributed by atoms with van der Waals surface area (Å²) < 4.78 is 26.5. The monoisotopic (exact) mass is 363 g/mol. The van der Waals surface area contributed by atoms with E-state index in [-0.39, 0.29) is 0 Å². The van der Waals surface area contributed by atoms with Gasteiger partial charge >= 0.3 is 0 Å². The third kappa shape index (κ3) is 3.00. The van der Waals surface area contributed by atoms with E-state index in [1.165, 1.54) is 11.3 Å². The van der Waals surface area contributed by atoms with Crippen LogP contribution in [0.15, 0.2) is 24.5 Å². The molecule has 0 aromatic carbocycles. The van der Waals surface area contributed by atoms with Gasteiger partial charge in [0, 0.05) is 34.6 Å². The SMILES string of the molecule is Cc1sc(NC(=O)C2CC(F)(F)CN2)nc1-c1c[nH]c2ncccc12. The second kappa shape index (κ2) is 5.85. The molecule has 3 aromatic rings. The van der Waals surface area contributed by atoms with Gasteiger partial charge < -0.3 is 10.3 Å². The van der Waals surface area contributed by atoms with Crippen LogP contribution in [0.3, 0.4) is 0 Å². The number of carbonyl (C=O) groups excluding carboxylic acids is 1. The highest BCUT2D eigenvalue weighted by Gasteiger charge is 2.42. The molecule has 130 valence electrons. The molecule has 0 aliphatic carbocycles. The first kappa shape index (κ1) is 16.1. The largest absolute Gasteiger partial charge is 0.345 e. The number of carbonyl (C=O) groups is 1. The van der Waals surface area contributed by atoms with E-state index in [1.807, 2.05) is 25.3 Å². The molecular formula is C16H15F2N5OS. The van der Waals surface area contributed by atoms with Crippen molar-refractivity contribution >= 4 is 33.4 Å². The van der Waals surface area contributed by atoms with Crippen LogP contribution < -0.4 is 10.6 Å². The van der Waals surface area contributed by atoms with Crippen molar-refractivity contribution in [1.82, 2.24) is 20.3 Å². The van der Waals surface area contributed by atoms with Gasteiger partial charge in [0.15, 0.2) is 5.13 Å². The number of nitrogens with one attached hydrogen (secondary N) is 3. The van der Waals surface area contributed by atoms with Crippen molar-refractivity contribution in [1.29, 1.82) is 0 Å². The fraction of sp³-hybridized carbons (Fsp3) is 0.312. The van der Waals surface area contributed by atoms with Crippen LogP contribution >= 0.6 is 11.3 Å². The van der Waals surface area contributed by atoms with Crippen molar-refractivity contribution in [2.45, 2.75) is 25.3 Å². The average Bonchev–Trinajstić information content (AvgIpc) is 3.24. The van der Waals surface area contributed by atoms with Crippen LogP contribution in [-0.4, -0.2) is 39.4 Å². The number of alkyl halides is 2. The molecule has 3 aromatic heterocycles. The minimum atomic E-state index is -2.84. The molecule has 4 heterocycles. The number of anilines is 1. The third-order valence-electron chi connectivity index (χ3n) is 4.16. The van der Waals surface area contributed by atoms with Crippen LogP contribution in [-0.2, 0) is 4.79 Å². The van der Waals surface area contributed by atoms with Gasteiger partial charge in [-0.05, 0) is 19.1 Å². The number of aromatic nitrogens is 3. The number of hydrogen-bond acceptors (Lipinski definition) is 5. The fourth-order valence-corrected chi connectivity index (χ4v) is 3.78. The zero-order valence-electron chi connectivity index (χ0n) is 13.3. The number of halogens is 2. The number of amides is 1. The van der Waals surface area contributed by atoms with E-state index in [2.05, 4.69) is 25.6 Å². The smallest absolute Gasteiger partial charge is 0.262 e. The Morgan fingerprint density at radius 1 is 1.48 bits per heavy atom. The number of aryl methyl sites for hydroxylation is 1. The van der Waals surface area contributed by atoms with Crippen LogP contribution in [0.1, 0.15) is 11.3 Å². The molecule has 1 fully saturated rings. The van der Waals surface area contributed by atoms with Crippen LogP contribution in [0.2, 0.25) is 0 Å². The number of fused-ring (bicyclic) bond motifs is 1. The highest BCUT2D eigenvalue weighted by Crippen LogP contribution is 2.34. The maximum atomic E-state index is 13.2. The molecule has 0 radical (unpaired) electrons. The molecule has 1 amide bonds. The van der Waals surface area contributed by atoms with Crippen molar-refractivity contribution in [2.75, 3.05) is 11.9 Å². The van der Waals surface area contributed by atoms with Crippen LogP contribution in [0.4, 0.5) is 13.9 Å². The summed E-state index contributed by atoms with van der Waals surface area (Å²) in [4.78, 5) is 24.9. The summed E-state index contributed by atoms with van der Waals surface area (Å²) in [5.41, 5.74) is 2.39. The molecule has 3 N–H and O–H groups in total. The first-order valence-corrected chi connectivity index (χ1v) is 8.56. The Morgan fingerprint density at radius 3 is 3.08 bits per heavy atom. The summed E-state index contributed by atoms with van der Waals surface area (Å²) in [6, 6.07) is 2.88. The highest BCUT2D eigenvalue weighted by atomic mass is 32.1. The summed E-state index contributed by atoms with van der Waals surface area (Å²) in [7, 11) is 0. The average molecular weight is 363 g/mol. The fourth-order valence-electron chi connectivity index (χ4n) is 2.95. The van der Waals surface area contributed by atoms with E-state index in [0.717, 1.165) is 27.2 Å². The van der Waals surface area contributed by atoms with Gasteiger partial charge in [-0.2, -0.15) is 0 Å². The Balaban J connectivity index is 1.58. The maximum absolute atomic E-state index is 13.2. The minimum Gasteiger partial charge on any atom is -0.345 e. The standard InChI is InChI=1S/C16H15F2N5OS/c1-8-12(10-6-20-13-9(10)3-2-4-19-13)22-15(25-8)23-14(24)11-5-16(17,18)7-21-11/h2-4,6,11,21H,5,7H2,1H3,(H,19,20)(H,22,23,24). The van der Waals surface area contributed by atoms with E-state index in [0.29, 0.717) is 5.13 Å². The van der Waals surface area contributed by atoms with Gasteiger partial charge in [-0.15, -0.1) is 11.3 Å². The predicted molar refractivity (Wildman–Crippen MR) is 91.9 cm³/mol. The second-order valence-electron chi connectivity index (χ2n) is 6.01. The number of H-pyrrole nitrogens is 1. The van der Waals surface area contributed by atoms with E-state index in [9.17, 15) is 13.6 Å². The van der Waals surface area contributed by atoms with Crippen LogP contribution in [0.5, 0.6) is 0 Å². The first-order chi connectivity index (χ1) is 11.9. The summed E-state index contributed by atoms with van der Waals surface area (Å²) >= 11 is 1.32. The molecule has 0 spiro atoms. The van der Waals surface area contributed by atoms with Gasteiger partial charge in [-0.25, -0.2) is 18.7 Å². The van der Waals surface area contributed by atoms with Gasteiger partial charge in [0.25, 0.3) is 5.92 Å². The number of nitrogens with zero attached hydrogens (tertiary/aromatic N) is 2. The van der Waals surface area contributed by atoms with Gasteiger partial charge in [-0.1, -0.05) is 0 Å². The van der Waals surface area contributed by atoms with Gasteiger partial charge in [0.1, 0.15) is 5.65 Å². The number of rotatable bonds is 3. The second-order valence-corrected chi connectivity index (χ2v) is 7.21. The Kier molecular flexibility index (Phi) is 3.77. The van der Waals surface area contributed by atoms with E-state index in [4.69, 9.17) is 0 Å². The Morgan fingerprint density at radius 2 is 2.32 bits per heavy atom. The lowest BCUT2D eigenvalue weighted by atomic mass is 10.1. The topological polar surface area (TPSA) is 82.7 Å². The molecule has 1 atom stereocenters. The quantitative estimate of drug-likeness (QED) is 0.668. The zero-order valence-corrected chi connectivity index (χ0v) is 14.1. The van der Waals surface area contributed by atoms with Crippen molar-refractivity contribution in [3.8, 4) is 11.3 Å². The lowest BCUT2D eigenvalue weighted by Crippen LogP contribution is -2.35.